The van der Waals surface area contributed by atoms with Gasteiger partial charge in [0.25, 0.3) is 0 Å². The molecular weight excluding hydrogens is 406 g/mol. The van der Waals surface area contributed by atoms with Crippen LogP contribution in [0.1, 0.15) is 40.5 Å². The summed E-state index contributed by atoms with van der Waals surface area (Å²) < 4.78 is 0. The molecule has 4 aromatic rings. The average molecular weight is 424 g/mol. The highest BCUT2D eigenvalue weighted by atomic mass is 35.5. The summed E-state index contributed by atoms with van der Waals surface area (Å²) >= 11 is 7.99. The molecule has 0 bridgehead atoms. The van der Waals surface area contributed by atoms with Crippen LogP contribution in [-0.2, 0) is 17.6 Å². The van der Waals surface area contributed by atoms with E-state index in [1.807, 2.05) is 31.3 Å². The molecule has 1 fully saturated rings. The maximum Gasteiger partial charge on any atom is 0.143 e. The highest BCUT2D eigenvalue weighted by Gasteiger charge is 2.30. The summed E-state index contributed by atoms with van der Waals surface area (Å²) in [5.41, 5.74) is 4.80. The molecule has 0 aliphatic heterocycles. The van der Waals surface area contributed by atoms with E-state index in [-0.39, 0.29) is 5.78 Å². The molecule has 0 spiro atoms. The van der Waals surface area contributed by atoms with Crippen molar-refractivity contribution in [1.82, 2.24) is 25.0 Å². The van der Waals surface area contributed by atoms with Gasteiger partial charge in [0.05, 0.1) is 22.4 Å². The third-order valence-corrected chi connectivity index (χ3v) is 6.26. The molecular formula is C21H18ClN5OS. The number of nitrogens with zero attached hydrogens (tertiary/aromatic N) is 5. The molecule has 0 radical (unpaired) electrons. The Morgan fingerprint density at radius 3 is 2.76 bits per heavy atom. The number of thiazole rings is 1. The predicted molar refractivity (Wildman–Crippen MR) is 113 cm³/mol. The van der Waals surface area contributed by atoms with Gasteiger partial charge in [0, 0.05) is 19.0 Å². The minimum Gasteiger partial charge on any atom is -0.299 e. The zero-order valence-electron chi connectivity index (χ0n) is 15.8. The number of ketones is 1. The number of aromatic nitrogens is 5. The first kappa shape index (κ1) is 18.4. The molecule has 146 valence electrons. The topological polar surface area (TPSA) is 73.6 Å². The first-order chi connectivity index (χ1) is 14.1. The van der Waals surface area contributed by atoms with E-state index in [1.54, 1.807) is 23.7 Å². The predicted octanol–water partition coefficient (Wildman–Crippen LogP) is 4.47. The lowest BCUT2D eigenvalue weighted by Crippen LogP contribution is -2.09. The van der Waals surface area contributed by atoms with Crippen LogP contribution in [0.15, 0.2) is 36.8 Å². The maximum atomic E-state index is 12.8. The lowest BCUT2D eigenvalue weighted by Gasteiger charge is -2.09. The second kappa shape index (κ2) is 7.31. The molecule has 1 saturated carbocycles. The molecule has 1 aliphatic rings. The summed E-state index contributed by atoms with van der Waals surface area (Å²) in [6.07, 6.45) is 8.08. The Bertz CT molecular complexity index is 1210. The number of carbonyl (C=O) groups excluding carboxylic acids is 1. The number of fused-ring (bicyclic) bond motifs is 1. The van der Waals surface area contributed by atoms with Gasteiger partial charge in [0.1, 0.15) is 21.8 Å². The lowest BCUT2D eigenvalue weighted by atomic mass is 9.97. The van der Waals surface area contributed by atoms with Crippen molar-refractivity contribution in [3.63, 3.8) is 0 Å². The highest BCUT2D eigenvalue weighted by Crippen LogP contribution is 2.45. The molecule has 1 aromatic carbocycles. The largest absolute Gasteiger partial charge is 0.299 e. The first-order valence-corrected chi connectivity index (χ1v) is 10.7. The average Bonchev–Trinajstić information content (AvgIpc) is 3.21. The van der Waals surface area contributed by atoms with Crippen LogP contribution in [0.4, 0.5) is 0 Å². The third kappa shape index (κ3) is 3.68. The smallest absolute Gasteiger partial charge is 0.143 e. The molecule has 3 heterocycles. The molecule has 5 rings (SSSR count). The van der Waals surface area contributed by atoms with Crippen LogP contribution in [0.3, 0.4) is 0 Å². The number of aryl methyl sites for hydroxylation is 1. The fourth-order valence-electron chi connectivity index (χ4n) is 3.67. The third-order valence-electron chi connectivity index (χ3n) is 5.08. The summed E-state index contributed by atoms with van der Waals surface area (Å²) in [6.45, 7) is 2.00. The summed E-state index contributed by atoms with van der Waals surface area (Å²) in [4.78, 5) is 24.5. The van der Waals surface area contributed by atoms with Gasteiger partial charge in [0.15, 0.2) is 0 Å². The van der Waals surface area contributed by atoms with Crippen LogP contribution in [-0.4, -0.2) is 30.7 Å². The Labute approximate surface area is 176 Å². The van der Waals surface area contributed by atoms with Crippen LogP contribution >= 0.6 is 22.9 Å². The normalized spacial score (nSPS) is 13.9. The molecule has 0 N–H and O–H groups in total. The Balaban J connectivity index is 1.37. The number of hydrogen-bond acceptors (Lipinski definition) is 6. The van der Waals surface area contributed by atoms with Gasteiger partial charge >= 0.3 is 0 Å². The molecule has 3 aromatic heterocycles. The standard InChI is InChI=1S/C21H18ClN5OS/c1-12-26-20-19(14-3-4-14)15(11-23-21(20)29-12)10-16(28)8-13-2-5-18(17(22)9-13)27-24-6-7-25-27/h2,5-7,9,11,14H,3-4,8,10H2,1H3. The van der Waals surface area contributed by atoms with Gasteiger partial charge in [-0.2, -0.15) is 15.0 Å². The molecule has 0 saturated heterocycles. The van der Waals surface area contributed by atoms with E-state index in [1.165, 1.54) is 10.4 Å². The van der Waals surface area contributed by atoms with Crippen LogP contribution in [0.25, 0.3) is 16.0 Å². The van der Waals surface area contributed by atoms with Crippen molar-refractivity contribution < 1.29 is 4.79 Å². The van der Waals surface area contributed by atoms with E-state index in [4.69, 9.17) is 11.6 Å². The van der Waals surface area contributed by atoms with Crippen molar-refractivity contribution in [3.8, 4) is 5.69 Å². The minimum atomic E-state index is 0.140. The summed E-state index contributed by atoms with van der Waals surface area (Å²) in [7, 11) is 0. The van der Waals surface area contributed by atoms with Crippen molar-refractivity contribution in [1.29, 1.82) is 0 Å². The van der Waals surface area contributed by atoms with Crippen LogP contribution in [0.2, 0.25) is 5.02 Å². The molecule has 0 atom stereocenters. The van der Waals surface area contributed by atoms with Gasteiger partial charge < -0.3 is 0 Å². The molecule has 29 heavy (non-hydrogen) atoms. The van der Waals surface area contributed by atoms with Crippen molar-refractivity contribution >= 4 is 39.1 Å². The monoisotopic (exact) mass is 423 g/mol. The van der Waals surface area contributed by atoms with Crippen molar-refractivity contribution in [2.75, 3.05) is 0 Å². The zero-order chi connectivity index (χ0) is 20.0. The van der Waals surface area contributed by atoms with Crippen molar-refractivity contribution in [3.05, 3.63) is 63.5 Å². The first-order valence-electron chi connectivity index (χ1n) is 9.50. The highest BCUT2D eigenvalue weighted by molar-refractivity contribution is 7.18. The number of carbonyl (C=O) groups is 1. The molecule has 0 amide bonds. The van der Waals surface area contributed by atoms with E-state index in [0.717, 1.165) is 39.3 Å². The minimum absolute atomic E-state index is 0.140. The number of benzene rings is 1. The van der Waals surface area contributed by atoms with Crippen LogP contribution in [0, 0.1) is 6.92 Å². The number of hydrogen-bond donors (Lipinski definition) is 0. The number of Topliss-reactive ketones (excluding diaryl/α,β-unsaturated/α-hetero) is 1. The Hall–Kier alpha value is -2.64. The van der Waals surface area contributed by atoms with Crippen molar-refractivity contribution in [2.24, 2.45) is 0 Å². The fraction of sp³-hybridized carbons (Fsp3) is 0.286. The summed E-state index contributed by atoms with van der Waals surface area (Å²) in [5.74, 6) is 0.654. The van der Waals surface area contributed by atoms with Gasteiger partial charge in [-0.15, -0.1) is 0 Å². The van der Waals surface area contributed by atoms with Crippen LogP contribution < -0.4 is 0 Å². The summed E-state index contributed by atoms with van der Waals surface area (Å²) in [5, 5.41) is 9.72. The molecule has 0 unspecified atom stereocenters. The van der Waals surface area contributed by atoms with E-state index < -0.39 is 0 Å². The Morgan fingerprint density at radius 2 is 2.03 bits per heavy atom. The van der Waals surface area contributed by atoms with Gasteiger partial charge in [-0.25, -0.2) is 9.97 Å². The second-order valence-electron chi connectivity index (χ2n) is 7.35. The Morgan fingerprint density at radius 1 is 1.24 bits per heavy atom. The number of rotatable bonds is 6. The zero-order valence-corrected chi connectivity index (χ0v) is 17.4. The van der Waals surface area contributed by atoms with E-state index in [9.17, 15) is 4.79 Å². The summed E-state index contributed by atoms with van der Waals surface area (Å²) in [6, 6.07) is 5.55. The van der Waals surface area contributed by atoms with Gasteiger partial charge in [0.2, 0.25) is 0 Å². The van der Waals surface area contributed by atoms with E-state index >= 15 is 0 Å². The van der Waals surface area contributed by atoms with E-state index in [2.05, 4.69) is 20.2 Å². The van der Waals surface area contributed by atoms with Gasteiger partial charge in [-0.1, -0.05) is 29.0 Å². The van der Waals surface area contributed by atoms with E-state index in [0.29, 0.717) is 29.5 Å². The molecule has 8 heteroatoms. The fourth-order valence-corrected chi connectivity index (χ4v) is 4.72. The lowest BCUT2D eigenvalue weighted by molar-refractivity contribution is -0.117. The Kier molecular flexibility index (Phi) is 4.64. The number of halogens is 1. The quantitative estimate of drug-likeness (QED) is 0.457. The van der Waals surface area contributed by atoms with Crippen molar-refractivity contribution in [2.45, 2.75) is 38.5 Å². The van der Waals surface area contributed by atoms with Gasteiger partial charge in [-0.05, 0) is 54.5 Å². The number of pyridine rings is 1. The van der Waals surface area contributed by atoms with Gasteiger partial charge in [-0.3, -0.25) is 4.79 Å². The molecule has 6 nitrogen and oxygen atoms in total. The SMILES string of the molecule is Cc1nc2c(C3CC3)c(CC(=O)Cc3ccc(-n4nccn4)c(Cl)c3)cnc2s1. The molecule has 1 aliphatic carbocycles. The van der Waals surface area contributed by atoms with Crippen LogP contribution in [0.5, 0.6) is 0 Å². The maximum absolute atomic E-state index is 12.8. The second-order valence-corrected chi connectivity index (χ2v) is 8.94.